The number of halogens is 3. The van der Waals surface area contributed by atoms with E-state index in [2.05, 4.69) is 5.10 Å². The van der Waals surface area contributed by atoms with Crippen LogP contribution in [0.15, 0.2) is 12.4 Å². The number of carboxylic acid groups (broad SMARTS) is 1. The summed E-state index contributed by atoms with van der Waals surface area (Å²) in [6.07, 6.45) is -0.867. The molecule has 1 N–H and O–H groups in total. The molecule has 1 aromatic heterocycles. The molecule has 2 amide bonds. The number of hydrogen-bond acceptors (Lipinski definition) is 4. The highest BCUT2D eigenvalue weighted by Crippen LogP contribution is 2.28. The Kier molecular flexibility index (Phi) is 5.11. The van der Waals surface area contributed by atoms with Crippen LogP contribution < -0.4 is 0 Å². The van der Waals surface area contributed by atoms with Crippen molar-refractivity contribution in [3.63, 3.8) is 0 Å². The SMILES string of the molecule is O=C(O)c1cnn(C2CCN(C(=O)C3CC(=O)N(CC(F)(F)F)C3)CC2)c1. The van der Waals surface area contributed by atoms with E-state index in [-0.39, 0.29) is 30.5 Å². The van der Waals surface area contributed by atoms with Crippen LogP contribution in [0.2, 0.25) is 0 Å². The molecule has 0 aromatic carbocycles. The summed E-state index contributed by atoms with van der Waals surface area (Å²) < 4.78 is 39.0. The van der Waals surface area contributed by atoms with Crippen molar-refractivity contribution in [3.8, 4) is 0 Å². The van der Waals surface area contributed by atoms with E-state index in [0.29, 0.717) is 30.8 Å². The number of alkyl halides is 3. The number of nitrogens with zero attached hydrogens (tertiary/aromatic N) is 4. The maximum Gasteiger partial charge on any atom is 0.406 e. The van der Waals surface area contributed by atoms with Gasteiger partial charge in [-0.2, -0.15) is 18.3 Å². The van der Waals surface area contributed by atoms with Gasteiger partial charge in [0.1, 0.15) is 6.54 Å². The lowest BCUT2D eigenvalue weighted by Crippen LogP contribution is -2.43. The van der Waals surface area contributed by atoms with Gasteiger partial charge in [0.2, 0.25) is 11.8 Å². The zero-order valence-electron chi connectivity index (χ0n) is 14.4. The van der Waals surface area contributed by atoms with E-state index in [9.17, 15) is 27.6 Å². The summed E-state index contributed by atoms with van der Waals surface area (Å²) >= 11 is 0. The lowest BCUT2D eigenvalue weighted by molar-refractivity contribution is -0.157. The fourth-order valence-electron chi connectivity index (χ4n) is 3.56. The third-order valence-corrected chi connectivity index (χ3v) is 4.93. The topological polar surface area (TPSA) is 95.7 Å². The summed E-state index contributed by atoms with van der Waals surface area (Å²) in [6.45, 7) is -0.771. The minimum absolute atomic E-state index is 0.0471. The van der Waals surface area contributed by atoms with Crippen LogP contribution in [-0.4, -0.2) is 74.8 Å². The predicted octanol–water partition coefficient (Wildman–Crippen LogP) is 1.16. The number of carbonyl (C=O) groups is 3. The summed E-state index contributed by atoms with van der Waals surface area (Å²) in [6, 6.07) is -0.0471. The molecule has 0 radical (unpaired) electrons. The van der Waals surface area contributed by atoms with Crippen molar-refractivity contribution >= 4 is 17.8 Å². The molecule has 2 fully saturated rings. The minimum Gasteiger partial charge on any atom is -0.478 e. The normalized spacial score (nSPS) is 21.7. The van der Waals surface area contributed by atoms with Gasteiger partial charge in [-0.3, -0.25) is 14.3 Å². The molecule has 1 aromatic rings. The van der Waals surface area contributed by atoms with Crippen LogP contribution in [0.4, 0.5) is 13.2 Å². The molecule has 3 rings (SSSR count). The molecule has 11 heteroatoms. The highest BCUT2D eigenvalue weighted by molar-refractivity contribution is 5.89. The standard InChI is InChI=1S/C16H19F3N4O4/c17-16(18,19)9-22-7-10(5-13(22)24)14(25)21-3-1-12(2-4-21)23-8-11(6-20-23)15(26)27/h6,8,10,12H,1-5,7,9H2,(H,26,27). The van der Waals surface area contributed by atoms with Gasteiger partial charge in [-0.05, 0) is 12.8 Å². The van der Waals surface area contributed by atoms with Crippen molar-refractivity contribution in [1.29, 1.82) is 0 Å². The van der Waals surface area contributed by atoms with Gasteiger partial charge in [0.05, 0.1) is 23.7 Å². The molecule has 8 nitrogen and oxygen atoms in total. The molecular formula is C16H19F3N4O4. The fraction of sp³-hybridized carbons (Fsp3) is 0.625. The molecule has 2 aliphatic heterocycles. The van der Waals surface area contributed by atoms with Crippen LogP contribution in [0.25, 0.3) is 0 Å². The van der Waals surface area contributed by atoms with E-state index < -0.39 is 30.5 Å². The molecule has 27 heavy (non-hydrogen) atoms. The van der Waals surface area contributed by atoms with Crippen molar-refractivity contribution in [1.82, 2.24) is 19.6 Å². The largest absolute Gasteiger partial charge is 0.478 e. The Labute approximate surface area is 152 Å². The Bertz CT molecular complexity index is 740. The number of likely N-dealkylation sites (tertiary alicyclic amines) is 2. The lowest BCUT2D eigenvalue weighted by Gasteiger charge is -2.33. The number of aromatic carboxylic acids is 1. The number of rotatable bonds is 4. The van der Waals surface area contributed by atoms with E-state index >= 15 is 0 Å². The fourth-order valence-corrected chi connectivity index (χ4v) is 3.56. The monoisotopic (exact) mass is 388 g/mol. The van der Waals surface area contributed by atoms with Gasteiger partial charge in [-0.25, -0.2) is 4.79 Å². The number of carbonyl (C=O) groups excluding carboxylic acids is 2. The van der Waals surface area contributed by atoms with Crippen LogP contribution in [-0.2, 0) is 9.59 Å². The molecule has 2 aliphatic rings. The molecule has 1 atom stereocenters. The lowest BCUT2D eigenvalue weighted by atomic mass is 10.0. The summed E-state index contributed by atoms with van der Waals surface area (Å²) in [5.74, 6) is -2.78. The summed E-state index contributed by atoms with van der Waals surface area (Å²) in [5, 5.41) is 13.0. The Morgan fingerprint density at radius 3 is 2.48 bits per heavy atom. The van der Waals surface area contributed by atoms with Gasteiger partial charge in [0, 0.05) is 32.3 Å². The maximum atomic E-state index is 12.6. The number of amides is 2. The molecule has 2 saturated heterocycles. The first-order chi connectivity index (χ1) is 12.6. The second kappa shape index (κ2) is 7.20. The third kappa shape index (κ3) is 4.40. The van der Waals surface area contributed by atoms with E-state index in [1.54, 1.807) is 9.58 Å². The quantitative estimate of drug-likeness (QED) is 0.835. The van der Waals surface area contributed by atoms with Crippen LogP contribution in [0, 0.1) is 5.92 Å². The summed E-state index contributed by atoms with van der Waals surface area (Å²) in [5.41, 5.74) is 0.0859. The predicted molar refractivity (Wildman–Crippen MR) is 84.8 cm³/mol. The molecule has 148 valence electrons. The second-order valence-corrected chi connectivity index (χ2v) is 6.86. The highest BCUT2D eigenvalue weighted by Gasteiger charge is 2.42. The van der Waals surface area contributed by atoms with Crippen LogP contribution in [0.3, 0.4) is 0 Å². The van der Waals surface area contributed by atoms with Gasteiger partial charge < -0.3 is 14.9 Å². The van der Waals surface area contributed by atoms with E-state index in [4.69, 9.17) is 5.11 Å². The number of hydrogen-bond donors (Lipinski definition) is 1. The van der Waals surface area contributed by atoms with Gasteiger partial charge >= 0.3 is 12.1 Å². The van der Waals surface area contributed by atoms with Crippen LogP contribution in [0.5, 0.6) is 0 Å². The average molecular weight is 388 g/mol. The maximum absolute atomic E-state index is 12.6. The smallest absolute Gasteiger partial charge is 0.406 e. The summed E-state index contributed by atoms with van der Waals surface area (Å²) in [7, 11) is 0. The van der Waals surface area contributed by atoms with Crippen molar-refractivity contribution in [2.75, 3.05) is 26.2 Å². The van der Waals surface area contributed by atoms with Crippen molar-refractivity contribution in [2.24, 2.45) is 5.92 Å². The summed E-state index contributed by atoms with van der Waals surface area (Å²) in [4.78, 5) is 37.5. The Balaban J connectivity index is 1.54. The minimum atomic E-state index is -4.48. The third-order valence-electron chi connectivity index (χ3n) is 4.93. The molecule has 0 saturated carbocycles. The van der Waals surface area contributed by atoms with Crippen molar-refractivity contribution in [3.05, 3.63) is 18.0 Å². The molecular weight excluding hydrogens is 369 g/mol. The molecule has 0 bridgehead atoms. The number of carboxylic acids is 1. The van der Waals surface area contributed by atoms with E-state index in [0.717, 1.165) is 0 Å². The molecule has 3 heterocycles. The first kappa shape index (κ1) is 19.2. The van der Waals surface area contributed by atoms with Gasteiger partial charge in [0.15, 0.2) is 0 Å². The Morgan fingerprint density at radius 2 is 1.93 bits per heavy atom. The molecule has 1 unspecified atom stereocenters. The van der Waals surface area contributed by atoms with Crippen LogP contribution in [0.1, 0.15) is 35.7 Å². The van der Waals surface area contributed by atoms with Crippen LogP contribution >= 0.6 is 0 Å². The van der Waals surface area contributed by atoms with Gasteiger partial charge in [0.25, 0.3) is 0 Å². The van der Waals surface area contributed by atoms with Gasteiger partial charge in [-0.15, -0.1) is 0 Å². The first-order valence-corrected chi connectivity index (χ1v) is 8.55. The Hall–Kier alpha value is -2.59. The van der Waals surface area contributed by atoms with E-state index in [1.807, 2.05) is 0 Å². The zero-order valence-corrected chi connectivity index (χ0v) is 14.4. The second-order valence-electron chi connectivity index (χ2n) is 6.86. The zero-order chi connectivity index (χ0) is 19.8. The van der Waals surface area contributed by atoms with Crippen molar-refractivity contribution in [2.45, 2.75) is 31.5 Å². The van der Waals surface area contributed by atoms with E-state index in [1.165, 1.54) is 12.4 Å². The van der Waals surface area contributed by atoms with Gasteiger partial charge in [-0.1, -0.05) is 0 Å². The van der Waals surface area contributed by atoms with Crippen molar-refractivity contribution < 1.29 is 32.7 Å². The molecule has 0 spiro atoms. The highest BCUT2D eigenvalue weighted by atomic mass is 19.4. The first-order valence-electron chi connectivity index (χ1n) is 8.55. The Morgan fingerprint density at radius 1 is 1.26 bits per heavy atom. The average Bonchev–Trinajstić information content (AvgIpc) is 3.21. The number of piperidine rings is 1. The molecule has 0 aliphatic carbocycles. The number of aromatic nitrogens is 2.